The maximum Gasteiger partial charge on any atom is 0.483 e. The van der Waals surface area contributed by atoms with E-state index in [0.717, 1.165) is 4.57 Å². The summed E-state index contributed by atoms with van der Waals surface area (Å²) in [6.07, 6.45) is -5.16. The van der Waals surface area contributed by atoms with Crippen LogP contribution in [-0.2, 0) is 36.8 Å². The monoisotopic (exact) mass is 529 g/mol. The van der Waals surface area contributed by atoms with Crippen molar-refractivity contribution in [1.82, 2.24) is 9.55 Å². The number of aromatic nitrogens is 2. The molecule has 6 N–H and O–H groups in total. The molecule has 1 aromatic heterocycles. The number of ketones is 1. The number of rotatable bonds is 8. The lowest BCUT2D eigenvalue weighted by atomic mass is 10.0. The van der Waals surface area contributed by atoms with Crippen molar-refractivity contribution in [2.24, 2.45) is 5.73 Å². The van der Waals surface area contributed by atoms with Gasteiger partial charge < -0.3 is 30.1 Å². The highest BCUT2D eigenvalue weighted by Crippen LogP contribution is 2.61. The van der Waals surface area contributed by atoms with Crippen molar-refractivity contribution in [3.8, 4) is 0 Å². The Morgan fingerprint density at radius 1 is 1.21 bits per heavy atom. The minimum Gasteiger partial charge on any atom is -0.390 e. The predicted octanol–water partition coefficient (Wildman–Crippen LogP) is -1.22. The SMILES string of the molecule is Cc1cn([C@H]2C[C@H](O)[C@@H](COP(=O)(O)OP(=O)(O)O[C@@H]3C[C@H](N)C(=O)[C@H](C)O3)O2)c(=O)[nH]c1=O. The van der Waals surface area contributed by atoms with Crippen molar-refractivity contribution in [2.75, 3.05) is 6.61 Å². The third-order valence-corrected chi connectivity index (χ3v) is 7.72. The predicted molar refractivity (Wildman–Crippen MR) is 110 cm³/mol. The third kappa shape index (κ3) is 6.56. The van der Waals surface area contributed by atoms with E-state index >= 15 is 0 Å². The minimum atomic E-state index is -5.22. The molecule has 8 atom stereocenters. The van der Waals surface area contributed by atoms with Crippen LogP contribution in [0.25, 0.3) is 0 Å². The van der Waals surface area contributed by atoms with Gasteiger partial charge in [-0.05, 0) is 13.8 Å². The van der Waals surface area contributed by atoms with Crippen molar-refractivity contribution < 1.29 is 51.6 Å². The van der Waals surface area contributed by atoms with Crippen LogP contribution >= 0.6 is 15.6 Å². The van der Waals surface area contributed by atoms with Crippen LogP contribution in [0.1, 0.15) is 31.6 Å². The van der Waals surface area contributed by atoms with Crippen LogP contribution < -0.4 is 17.0 Å². The number of phosphoric acid groups is 2. The molecular weight excluding hydrogens is 504 g/mol. The second kappa shape index (κ2) is 10.2. The Bertz CT molecular complexity index is 1120. The van der Waals surface area contributed by atoms with Gasteiger partial charge in [0.2, 0.25) is 0 Å². The van der Waals surface area contributed by atoms with Crippen LogP contribution in [0.3, 0.4) is 0 Å². The van der Waals surface area contributed by atoms with Crippen LogP contribution in [0, 0.1) is 6.92 Å². The van der Waals surface area contributed by atoms with Crippen LogP contribution in [0.15, 0.2) is 15.8 Å². The fourth-order valence-corrected chi connectivity index (χ4v) is 5.52. The molecule has 2 unspecified atom stereocenters. The standard InChI is InChI=1S/C16H25N3O13P2/c1-7-5-19(16(23)18-15(7)22)12-4-10(20)11(30-12)6-28-33(24,25)32-34(26,27)31-13-3-9(17)14(21)8(2)29-13/h5,8-13,20H,3-4,6,17H2,1-2H3,(H,24,25)(H,26,27)(H,18,22,23)/t8-,9-,10-,11+,12+,13+/m0/s1. The number of H-pyrrole nitrogens is 1. The molecule has 0 amide bonds. The largest absolute Gasteiger partial charge is 0.483 e. The van der Waals surface area contributed by atoms with E-state index in [1.165, 1.54) is 20.0 Å². The Hall–Kier alpha value is -1.55. The molecule has 3 heterocycles. The second-order valence-electron chi connectivity index (χ2n) is 7.78. The van der Waals surface area contributed by atoms with Crippen molar-refractivity contribution in [1.29, 1.82) is 0 Å². The molecule has 0 radical (unpaired) electrons. The molecule has 1 aromatic rings. The number of Topliss-reactive ketones (excluding diaryl/α,β-unsaturated/α-hetero) is 1. The van der Waals surface area contributed by atoms with Crippen LogP contribution in [0.5, 0.6) is 0 Å². The van der Waals surface area contributed by atoms with Gasteiger partial charge >= 0.3 is 21.3 Å². The van der Waals surface area contributed by atoms with Crippen molar-refractivity contribution in [3.63, 3.8) is 0 Å². The van der Waals surface area contributed by atoms with Gasteiger partial charge in [-0.25, -0.2) is 13.9 Å². The van der Waals surface area contributed by atoms with Crippen molar-refractivity contribution in [3.05, 3.63) is 32.6 Å². The molecule has 0 saturated carbocycles. The number of nitrogens with two attached hydrogens (primary N) is 1. The van der Waals surface area contributed by atoms with Gasteiger partial charge in [0.15, 0.2) is 12.1 Å². The number of nitrogens with zero attached hydrogens (tertiary/aromatic N) is 1. The molecule has 0 spiro atoms. The van der Waals surface area contributed by atoms with Gasteiger partial charge in [0.05, 0.1) is 18.8 Å². The average Bonchev–Trinajstić information content (AvgIpc) is 3.06. The molecule has 18 heteroatoms. The first kappa shape index (κ1) is 27.0. The van der Waals surface area contributed by atoms with E-state index in [4.69, 9.17) is 15.2 Å². The zero-order valence-electron chi connectivity index (χ0n) is 18.0. The third-order valence-electron chi connectivity index (χ3n) is 5.09. The van der Waals surface area contributed by atoms with Crippen molar-refractivity contribution >= 4 is 21.4 Å². The van der Waals surface area contributed by atoms with Crippen LogP contribution in [0.2, 0.25) is 0 Å². The highest BCUT2D eigenvalue weighted by atomic mass is 31.3. The van der Waals surface area contributed by atoms with Gasteiger partial charge in [0.25, 0.3) is 5.56 Å². The van der Waals surface area contributed by atoms with E-state index in [9.17, 15) is 38.4 Å². The normalized spacial score (nSPS) is 33.4. The number of carbonyl (C=O) groups is 1. The summed E-state index contributed by atoms with van der Waals surface area (Å²) in [6.45, 7) is 2.04. The quantitative estimate of drug-likeness (QED) is 0.248. The molecule has 192 valence electrons. The highest BCUT2D eigenvalue weighted by molar-refractivity contribution is 7.61. The molecule has 2 aliphatic heterocycles. The Balaban J connectivity index is 1.57. The molecule has 2 saturated heterocycles. The number of hydrogen-bond acceptors (Lipinski definition) is 12. The Morgan fingerprint density at radius 3 is 2.53 bits per heavy atom. The number of nitrogens with one attached hydrogen (secondary N) is 1. The summed E-state index contributed by atoms with van der Waals surface area (Å²) >= 11 is 0. The summed E-state index contributed by atoms with van der Waals surface area (Å²) in [5.74, 6) is -0.447. The number of carbonyl (C=O) groups excluding carboxylic acids is 1. The fraction of sp³-hybridized carbons (Fsp3) is 0.688. The fourth-order valence-electron chi connectivity index (χ4n) is 3.37. The van der Waals surface area contributed by atoms with Gasteiger partial charge in [0, 0.05) is 24.6 Å². The molecule has 2 fully saturated rings. The Morgan fingerprint density at radius 2 is 1.88 bits per heavy atom. The number of aliphatic hydroxyl groups is 1. The van der Waals surface area contributed by atoms with Gasteiger partial charge in [-0.15, -0.1) is 0 Å². The Kier molecular flexibility index (Phi) is 8.12. The topological polar surface area (TPSA) is 239 Å². The number of phosphoric ester groups is 2. The maximum atomic E-state index is 12.2. The molecule has 16 nitrogen and oxygen atoms in total. The number of ether oxygens (including phenoxy) is 2. The first-order valence-corrected chi connectivity index (χ1v) is 13.0. The Labute approximate surface area is 191 Å². The summed E-state index contributed by atoms with van der Waals surface area (Å²) in [6, 6.07) is -1.03. The first-order valence-electron chi connectivity index (χ1n) is 9.97. The number of aryl methyl sites for hydroxylation is 1. The van der Waals surface area contributed by atoms with E-state index in [2.05, 4.69) is 18.3 Å². The summed E-state index contributed by atoms with van der Waals surface area (Å²) < 4.78 is 49.4. The number of aromatic amines is 1. The smallest absolute Gasteiger partial charge is 0.390 e. The van der Waals surface area contributed by atoms with Gasteiger partial charge in [0.1, 0.15) is 18.4 Å². The van der Waals surface area contributed by atoms with E-state index in [-0.39, 0.29) is 18.4 Å². The zero-order chi connectivity index (χ0) is 25.4. The molecule has 34 heavy (non-hydrogen) atoms. The van der Waals surface area contributed by atoms with Crippen molar-refractivity contribution in [2.45, 2.75) is 63.6 Å². The number of hydrogen-bond donors (Lipinski definition) is 5. The van der Waals surface area contributed by atoms with E-state index < -0.39 is 76.2 Å². The lowest BCUT2D eigenvalue weighted by Crippen LogP contribution is -2.48. The van der Waals surface area contributed by atoms with Gasteiger partial charge in [-0.2, -0.15) is 4.31 Å². The van der Waals surface area contributed by atoms with E-state index in [0.29, 0.717) is 0 Å². The molecule has 2 aliphatic rings. The maximum absolute atomic E-state index is 12.2. The lowest BCUT2D eigenvalue weighted by Gasteiger charge is -2.31. The molecule has 0 bridgehead atoms. The summed E-state index contributed by atoms with van der Waals surface area (Å²) in [4.78, 5) is 56.8. The van der Waals surface area contributed by atoms with Gasteiger partial charge in [-0.3, -0.25) is 28.2 Å². The summed E-state index contributed by atoms with van der Waals surface area (Å²) in [5, 5.41) is 10.2. The average molecular weight is 529 g/mol. The van der Waals surface area contributed by atoms with E-state index in [1.807, 2.05) is 0 Å². The minimum absolute atomic E-state index is 0.117. The summed E-state index contributed by atoms with van der Waals surface area (Å²) in [7, 11) is -10.4. The van der Waals surface area contributed by atoms with Crippen LogP contribution in [0.4, 0.5) is 0 Å². The molecule has 0 aliphatic carbocycles. The molecule has 0 aromatic carbocycles. The zero-order valence-corrected chi connectivity index (χ0v) is 19.8. The molecule has 3 rings (SSSR count). The van der Waals surface area contributed by atoms with Crippen LogP contribution in [-0.4, -0.2) is 67.5 Å². The molecular formula is C16H25N3O13P2. The lowest BCUT2D eigenvalue weighted by molar-refractivity contribution is -0.171. The summed E-state index contributed by atoms with van der Waals surface area (Å²) in [5.41, 5.74) is 4.43. The highest BCUT2D eigenvalue weighted by Gasteiger charge is 2.43. The van der Waals surface area contributed by atoms with E-state index in [1.54, 1.807) is 0 Å². The van der Waals surface area contributed by atoms with Gasteiger partial charge in [-0.1, -0.05) is 0 Å². The first-order chi connectivity index (χ1) is 15.7. The number of aliphatic hydroxyl groups excluding tert-OH is 1. The second-order valence-corrected chi connectivity index (χ2v) is 10.8.